The number of carbonyl (C=O) groups is 1. The van der Waals surface area contributed by atoms with Gasteiger partial charge in [0.15, 0.2) is 0 Å². The lowest BCUT2D eigenvalue weighted by Crippen LogP contribution is -2.45. The van der Waals surface area contributed by atoms with Crippen molar-refractivity contribution in [1.29, 1.82) is 0 Å². The van der Waals surface area contributed by atoms with Crippen molar-refractivity contribution in [3.8, 4) is 0 Å². The minimum atomic E-state index is 0.116. The van der Waals surface area contributed by atoms with Crippen LogP contribution in [0.15, 0.2) is 36.8 Å². The molecule has 2 aliphatic heterocycles. The minimum Gasteiger partial charge on any atom is -0.376 e. The first-order chi connectivity index (χ1) is 12.2. The number of aromatic nitrogens is 3. The molecule has 3 atom stereocenters. The Morgan fingerprint density at radius 3 is 2.96 bits per heavy atom. The molecule has 4 heterocycles. The Bertz CT molecular complexity index is 732. The molecule has 132 valence electrons. The highest BCUT2D eigenvalue weighted by Gasteiger charge is 2.42. The SMILES string of the molecule is Cn1cccc1C(=O)N1CC[C@@H]2[C@@H](CO[C@H]2CNc2ncccn2)C1. The fraction of sp³-hybridized carbons (Fsp3) is 0.500. The number of anilines is 1. The summed E-state index contributed by atoms with van der Waals surface area (Å²) in [5.74, 6) is 1.63. The number of likely N-dealkylation sites (tertiary alicyclic amines) is 1. The van der Waals surface area contributed by atoms with Crippen molar-refractivity contribution in [1.82, 2.24) is 19.4 Å². The summed E-state index contributed by atoms with van der Waals surface area (Å²) >= 11 is 0. The molecule has 2 aliphatic rings. The Morgan fingerprint density at radius 2 is 2.20 bits per heavy atom. The molecular formula is C18H23N5O2. The van der Waals surface area contributed by atoms with E-state index in [0.29, 0.717) is 30.9 Å². The van der Waals surface area contributed by atoms with Crippen molar-refractivity contribution in [2.75, 3.05) is 31.6 Å². The van der Waals surface area contributed by atoms with Crippen LogP contribution in [0, 0.1) is 11.8 Å². The number of aryl methyl sites for hydroxylation is 1. The Kier molecular flexibility index (Phi) is 4.40. The van der Waals surface area contributed by atoms with Crippen LogP contribution in [0.5, 0.6) is 0 Å². The number of nitrogens with zero attached hydrogens (tertiary/aromatic N) is 4. The molecule has 0 spiro atoms. The minimum absolute atomic E-state index is 0.116. The zero-order chi connectivity index (χ0) is 17.2. The second kappa shape index (κ2) is 6.84. The third-order valence-electron chi connectivity index (χ3n) is 5.27. The van der Waals surface area contributed by atoms with E-state index in [9.17, 15) is 4.79 Å². The number of nitrogens with one attached hydrogen (secondary N) is 1. The van der Waals surface area contributed by atoms with Gasteiger partial charge in [-0.05, 0) is 30.5 Å². The molecule has 0 bridgehead atoms. The van der Waals surface area contributed by atoms with Crippen LogP contribution in [0.1, 0.15) is 16.9 Å². The Labute approximate surface area is 147 Å². The maximum absolute atomic E-state index is 12.7. The summed E-state index contributed by atoms with van der Waals surface area (Å²) in [5, 5.41) is 3.25. The van der Waals surface area contributed by atoms with Crippen molar-refractivity contribution in [3.05, 3.63) is 42.5 Å². The zero-order valence-electron chi connectivity index (χ0n) is 14.3. The van der Waals surface area contributed by atoms with Gasteiger partial charge in [0.05, 0.1) is 12.7 Å². The van der Waals surface area contributed by atoms with Gasteiger partial charge >= 0.3 is 0 Å². The van der Waals surface area contributed by atoms with Gasteiger partial charge in [0.1, 0.15) is 5.69 Å². The molecule has 2 saturated heterocycles. The number of rotatable bonds is 4. The number of piperidine rings is 1. The molecule has 0 aliphatic carbocycles. The third kappa shape index (κ3) is 3.24. The average Bonchev–Trinajstić information content (AvgIpc) is 3.25. The fourth-order valence-electron chi connectivity index (χ4n) is 3.91. The van der Waals surface area contributed by atoms with Gasteiger partial charge in [-0.15, -0.1) is 0 Å². The van der Waals surface area contributed by atoms with E-state index in [1.807, 2.05) is 34.8 Å². The highest BCUT2D eigenvalue weighted by Crippen LogP contribution is 2.34. The van der Waals surface area contributed by atoms with E-state index in [2.05, 4.69) is 15.3 Å². The molecule has 2 aromatic heterocycles. The monoisotopic (exact) mass is 341 g/mol. The number of hydrogen-bond acceptors (Lipinski definition) is 5. The number of amides is 1. The second-order valence-corrected chi connectivity index (χ2v) is 6.79. The van der Waals surface area contributed by atoms with Crippen LogP contribution in [0.2, 0.25) is 0 Å². The molecular weight excluding hydrogens is 318 g/mol. The maximum Gasteiger partial charge on any atom is 0.270 e. The van der Waals surface area contributed by atoms with Gasteiger partial charge in [-0.25, -0.2) is 9.97 Å². The summed E-state index contributed by atoms with van der Waals surface area (Å²) in [6.07, 6.45) is 6.48. The van der Waals surface area contributed by atoms with E-state index < -0.39 is 0 Å². The molecule has 1 amide bonds. The third-order valence-corrected chi connectivity index (χ3v) is 5.27. The molecule has 7 heteroatoms. The molecule has 0 saturated carbocycles. The number of carbonyl (C=O) groups excluding carboxylic acids is 1. The highest BCUT2D eigenvalue weighted by molar-refractivity contribution is 5.92. The van der Waals surface area contributed by atoms with Gasteiger partial charge in [0.25, 0.3) is 5.91 Å². The molecule has 25 heavy (non-hydrogen) atoms. The van der Waals surface area contributed by atoms with Crippen LogP contribution in [0.25, 0.3) is 0 Å². The first-order valence-corrected chi connectivity index (χ1v) is 8.75. The summed E-state index contributed by atoms with van der Waals surface area (Å²) in [4.78, 5) is 23.0. The standard InChI is InChI=1S/C18H23N5O2/c1-22-8-2-4-15(22)17(24)23-9-5-14-13(11-23)12-25-16(14)10-21-18-19-6-3-7-20-18/h2-4,6-8,13-14,16H,5,9-12H2,1H3,(H,19,20,21)/t13-,14-,16+/m1/s1. The van der Waals surface area contributed by atoms with Gasteiger partial charge in [-0.3, -0.25) is 4.79 Å². The van der Waals surface area contributed by atoms with E-state index in [-0.39, 0.29) is 12.0 Å². The number of ether oxygens (including phenoxy) is 1. The van der Waals surface area contributed by atoms with Gasteiger partial charge in [-0.1, -0.05) is 0 Å². The molecule has 2 aromatic rings. The molecule has 7 nitrogen and oxygen atoms in total. The van der Waals surface area contributed by atoms with E-state index in [0.717, 1.165) is 25.2 Å². The quantitative estimate of drug-likeness (QED) is 0.910. The predicted octanol–water partition coefficient (Wildman–Crippen LogP) is 1.40. The second-order valence-electron chi connectivity index (χ2n) is 6.79. The molecule has 0 unspecified atom stereocenters. The van der Waals surface area contributed by atoms with E-state index in [1.54, 1.807) is 18.5 Å². The number of hydrogen-bond donors (Lipinski definition) is 1. The average molecular weight is 341 g/mol. The van der Waals surface area contributed by atoms with Crippen LogP contribution in [0.4, 0.5) is 5.95 Å². The topological polar surface area (TPSA) is 72.3 Å². The molecule has 0 aromatic carbocycles. The van der Waals surface area contributed by atoms with Crippen LogP contribution >= 0.6 is 0 Å². The molecule has 0 radical (unpaired) electrons. The van der Waals surface area contributed by atoms with Gasteiger partial charge in [0, 0.05) is 51.2 Å². The maximum atomic E-state index is 12.7. The summed E-state index contributed by atoms with van der Waals surface area (Å²) in [6, 6.07) is 5.59. The smallest absolute Gasteiger partial charge is 0.270 e. The lowest BCUT2D eigenvalue weighted by Gasteiger charge is -2.35. The van der Waals surface area contributed by atoms with Crippen molar-refractivity contribution < 1.29 is 9.53 Å². The van der Waals surface area contributed by atoms with E-state index >= 15 is 0 Å². The highest BCUT2D eigenvalue weighted by atomic mass is 16.5. The van der Waals surface area contributed by atoms with Crippen molar-refractivity contribution >= 4 is 11.9 Å². The lowest BCUT2D eigenvalue weighted by molar-refractivity contribution is 0.0612. The first kappa shape index (κ1) is 16.1. The van der Waals surface area contributed by atoms with Crippen molar-refractivity contribution in [3.63, 3.8) is 0 Å². The van der Waals surface area contributed by atoms with Crippen LogP contribution in [-0.2, 0) is 11.8 Å². The summed E-state index contributed by atoms with van der Waals surface area (Å²) in [6.45, 7) is 2.97. The molecule has 4 rings (SSSR count). The Hall–Kier alpha value is -2.41. The lowest BCUT2D eigenvalue weighted by atomic mass is 9.84. The predicted molar refractivity (Wildman–Crippen MR) is 93.2 cm³/mol. The summed E-state index contributed by atoms with van der Waals surface area (Å²) < 4.78 is 7.88. The van der Waals surface area contributed by atoms with Crippen molar-refractivity contribution in [2.45, 2.75) is 12.5 Å². The van der Waals surface area contributed by atoms with Gasteiger partial charge in [-0.2, -0.15) is 0 Å². The first-order valence-electron chi connectivity index (χ1n) is 8.75. The Balaban J connectivity index is 1.35. The molecule has 1 N–H and O–H groups in total. The summed E-state index contributed by atoms with van der Waals surface area (Å²) in [5.41, 5.74) is 0.747. The largest absolute Gasteiger partial charge is 0.376 e. The van der Waals surface area contributed by atoms with Crippen molar-refractivity contribution in [2.24, 2.45) is 18.9 Å². The summed E-state index contributed by atoms with van der Waals surface area (Å²) in [7, 11) is 1.91. The normalized spacial score (nSPS) is 25.6. The zero-order valence-corrected chi connectivity index (χ0v) is 14.3. The Morgan fingerprint density at radius 1 is 1.36 bits per heavy atom. The van der Waals surface area contributed by atoms with E-state index in [4.69, 9.17) is 4.74 Å². The van der Waals surface area contributed by atoms with Gasteiger partial charge in [0.2, 0.25) is 5.95 Å². The fourth-order valence-corrected chi connectivity index (χ4v) is 3.91. The van der Waals surface area contributed by atoms with Crippen LogP contribution in [0.3, 0.4) is 0 Å². The van der Waals surface area contributed by atoms with Gasteiger partial charge < -0.3 is 19.5 Å². The number of fused-ring (bicyclic) bond motifs is 1. The van der Waals surface area contributed by atoms with E-state index in [1.165, 1.54) is 0 Å². The van der Waals surface area contributed by atoms with Crippen LogP contribution in [-0.4, -0.2) is 57.7 Å². The van der Waals surface area contributed by atoms with Crippen LogP contribution < -0.4 is 5.32 Å². The molecule has 2 fully saturated rings.